The summed E-state index contributed by atoms with van der Waals surface area (Å²) >= 11 is 0. The Morgan fingerprint density at radius 3 is 2.00 bits per heavy atom. The maximum absolute atomic E-state index is 4.67. The molecule has 1 nitrogen and oxygen atoms in total. The second-order valence-electron chi connectivity index (χ2n) is 7.91. The molecule has 3 atom stereocenters. The van der Waals surface area contributed by atoms with E-state index in [1.54, 1.807) is 0 Å². The summed E-state index contributed by atoms with van der Waals surface area (Å²) < 4.78 is 0. The molecule has 1 aromatic rings. The van der Waals surface area contributed by atoms with Crippen molar-refractivity contribution in [1.29, 1.82) is 0 Å². The Hall–Kier alpha value is -0.633. The lowest BCUT2D eigenvalue weighted by Crippen LogP contribution is -2.22. The average molecular weight is 276 g/mol. The number of nitrogens with zero attached hydrogens (tertiary/aromatic N) is 1. The topological polar surface area (TPSA) is 12.9 Å². The minimum absolute atomic E-state index is 0.530. The highest BCUT2D eigenvalue weighted by Crippen LogP contribution is 2.66. The van der Waals surface area contributed by atoms with Crippen LogP contribution >= 0.6 is 0 Å². The van der Waals surface area contributed by atoms with Crippen molar-refractivity contribution in [3.05, 3.63) is 29.6 Å². The van der Waals surface area contributed by atoms with E-state index in [9.17, 15) is 0 Å². The molecule has 0 amide bonds. The molecular weight excluding hydrogens is 246 g/mol. The predicted octanol–water partition coefficient (Wildman–Crippen LogP) is 5.28. The molecule has 0 aromatic carbocycles. The molecule has 0 aliphatic heterocycles. The second kappa shape index (κ2) is 5.04. The zero-order valence-electron chi connectivity index (χ0n) is 13.6. The fraction of sp³-hybridized carbons (Fsp3) is 0.706. The number of rotatable bonds is 4. The molecule has 0 radical (unpaired) electrons. The molecule has 1 saturated carbocycles. The largest absolute Gasteiger partial charge is 0.261 e. The third-order valence-corrected chi connectivity index (χ3v) is 7.37. The maximum Gasteiger partial charge on any atom is 0.0483 e. The molecule has 1 aliphatic carbocycles. The Kier molecular flexibility index (Phi) is 3.92. The van der Waals surface area contributed by atoms with Gasteiger partial charge in [-0.1, -0.05) is 53.4 Å². The van der Waals surface area contributed by atoms with E-state index in [0.717, 1.165) is 23.3 Å². The van der Waals surface area contributed by atoms with Crippen LogP contribution in [0.4, 0.5) is 0 Å². The minimum atomic E-state index is -1.06. The Bertz CT molecular complexity index is 428. The Balaban J connectivity index is 2.22. The van der Waals surface area contributed by atoms with Crippen LogP contribution in [0.25, 0.3) is 0 Å². The molecule has 1 aliphatic rings. The average Bonchev–Trinajstić information content (AvgIpc) is 3.04. The molecule has 19 heavy (non-hydrogen) atoms. The summed E-state index contributed by atoms with van der Waals surface area (Å²) in [6.07, 6.45) is 2.15. The van der Waals surface area contributed by atoms with Gasteiger partial charge in [0.25, 0.3) is 0 Å². The molecule has 0 N–H and O–H groups in total. The zero-order valence-corrected chi connectivity index (χ0v) is 14.6. The van der Waals surface area contributed by atoms with Crippen LogP contribution in [0.2, 0.25) is 25.2 Å². The fourth-order valence-electron chi connectivity index (χ4n) is 3.66. The monoisotopic (exact) mass is 275 g/mol. The molecule has 0 spiro atoms. The van der Waals surface area contributed by atoms with Crippen LogP contribution in [0.15, 0.2) is 18.3 Å². The van der Waals surface area contributed by atoms with E-state index >= 15 is 0 Å². The standard InChI is InChI=1S/C17H29NSi/c1-11(2)14-9-8-13(10-18-14)16-15(12(3)4)17(16)19(5,6)7/h8-12,15-17H,1-7H3. The SMILES string of the molecule is CC(C)c1ccc(C2C(C(C)C)C2[Si](C)(C)C)cn1. The van der Waals surface area contributed by atoms with Crippen molar-refractivity contribution in [2.75, 3.05) is 0 Å². The van der Waals surface area contributed by atoms with E-state index < -0.39 is 8.07 Å². The molecule has 1 fully saturated rings. The summed E-state index contributed by atoms with van der Waals surface area (Å²) in [7, 11) is -1.06. The third kappa shape index (κ3) is 2.94. The molecule has 2 heteroatoms. The molecule has 106 valence electrons. The summed E-state index contributed by atoms with van der Waals surface area (Å²) in [4.78, 5) is 4.67. The van der Waals surface area contributed by atoms with Crippen LogP contribution in [-0.4, -0.2) is 13.1 Å². The van der Waals surface area contributed by atoms with E-state index in [1.165, 1.54) is 11.3 Å². The van der Waals surface area contributed by atoms with Gasteiger partial charge in [-0.15, -0.1) is 0 Å². The predicted molar refractivity (Wildman–Crippen MR) is 86.5 cm³/mol. The lowest BCUT2D eigenvalue weighted by atomic mass is 10.0. The van der Waals surface area contributed by atoms with E-state index in [1.807, 2.05) is 0 Å². The van der Waals surface area contributed by atoms with Crippen molar-refractivity contribution in [3.8, 4) is 0 Å². The Morgan fingerprint density at radius 2 is 1.68 bits per heavy atom. The van der Waals surface area contributed by atoms with Gasteiger partial charge in [-0.25, -0.2) is 0 Å². The molecule has 1 heterocycles. The van der Waals surface area contributed by atoms with Crippen molar-refractivity contribution in [2.24, 2.45) is 11.8 Å². The first-order valence-corrected chi connectivity index (χ1v) is 11.3. The first-order chi connectivity index (χ1) is 8.73. The van der Waals surface area contributed by atoms with Crippen LogP contribution < -0.4 is 0 Å². The van der Waals surface area contributed by atoms with Gasteiger partial charge in [0, 0.05) is 20.0 Å². The highest BCUT2D eigenvalue weighted by atomic mass is 28.3. The van der Waals surface area contributed by atoms with Crippen molar-refractivity contribution >= 4 is 8.07 Å². The first kappa shape index (κ1) is 14.8. The van der Waals surface area contributed by atoms with Crippen LogP contribution in [-0.2, 0) is 0 Å². The number of pyridine rings is 1. The Morgan fingerprint density at radius 1 is 1.05 bits per heavy atom. The second-order valence-corrected chi connectivity index (χ2v) is 13.3. The van der Waals surface area contributed by atoms with Gasteiger partial charge in [0.15, 0.2) is 0 Å². The van der Waals surface area contributed by atoms with Crippen molar-refractivity contribution < 1.29 is 0 Å². The number of hydrogen-bond acceptors (Lipinski definition) is 1. The van der Waals surface area contributed by atoms with E-state index in [2.05, 4.69) is 70.6 Å². The normalized spacial score (nSPS) is 27.1. The molecular formula is C17H29NSi. The first-order valence-electron chi connectivity index (χ1n) is 7.69. The third-order valence-electron chi connectivity index (χ3n) is 4.63. The van der Waals surface area contributed by atoms with Gasteiger partial charge < -0.3 is 0 Å². The minimum Gasteiger partial charge on any atom is -0.261 e. The summed E-state index contributed by atoms with van der Waals surface area (Å²) in [5, 5.41) is 0. The van der Waals surface area contributed by atoms with Crippen LogP contribution in [0, 0.1) is 11.8 Å². The maximum atomic E-state index is 4.67. The van der Waals surface area contributed by atoms with Crippen LogP contribution in [0.3, 0.4) is 0 Å². The quantitative estimate of drug-likeness (QED) is 0.681. The van der Waals surface area contributed by atoms with Gasteiger partial charge in [-0.05, 0) is 40.8 Å². The molecule has 2 rings (SSSR count). The fourth-order valence-corrected chi connectivity index (χ4v) is 6.79. The summed E-state index contributed by atoms with van der Waals surface area (Å²) in [5.41, 5.74) is 3.64. The summed E-state index contributed by atoms with van der Waals surface area (Å²) in [6, 6.07) is 4.57. The van der Waals surface area contributed by atoms with E-state index in [0.29, 0.717) is 5.92 Å². The van der Waals surface area contributed by atoms with Crippen LogP contribution in [0.5, 0.6) is 0 Å². The molecule has 1 aromatic heterocycles. The molecule has 0 bridgehead atoms. The van der Waals surface area contributed by atoms with E-state index in [4.69, 9.17) is 0 Å². The van der Waals surface area contributed by atoms with Gasteiger partial charge in [-0.2, -0.15) is 0 Å². The number of aromatic nitrogens is 1. The van der Waals surface area contributed by atoms with Crippen molar-refractivity contribution in [2.45, 2.75) is 64.7 Å². The van der Waals surface area contributed by atoms with Gasteiger partial charge >= 0.3 is 0 Å². The summed E-state index contributed by atoms with van der Waals surface area (Å²) in [5.74, 6) is 2.99. The van der Waals surface area contributed by atoms with Crippen molar-refractivity contribution in [1.82, 2.24) is 4.98 Å². The Labute approximate surface area is 119 Å². The van der Waals surface area contributed by atoms with Gasteiger partial charge in [0.2, 0.25) is 0 Å². The van der Waals surface area contributed by atoms with E-state index in [-0.39, 0.29) is 0 Å². The molecule has 3 unspecified atom stereocenters. The summed E-state index contributed by atoms with van der Waals surface area (Å²) in [6.45, 7) is 16.7. The van der Waals surface area contributed by atoms with Gasteiger partial charge in [-0.3, -0.25) is 4.98 Å². The lowest BCUT2D eigenvalue weighted by molar-refractivity contribution is 0.546. The molecule has 0 saturated heterocycles. The van der Waals surface area contributed by atoms with Gasteiger partial charge in [0.05, 0.1) is 0 Å². The van der Waals surface area contributed by atoms with Gasteiger partial charge in [0.1, 0.15) is 0 Å². The smallest absolute Gasteiger partial charge is 0.0483 e. The lowest BCUT2D eigenvalue weighted by Gasteiger charge is -2.17. The highest BCUT2D eigenvalue weighted by molar-refractivity contribution is 6.78. The van der Waals surface area contributed by atoms with Crippen LogP contribution in [0.1, 0.15) is 50.8 Å². The van der Waals surface area contributed by atoms with Crippen molar-refractivity contribution in [3.63, 3.8) is 0 Å². The highest BCUT2D eigenvalue weighted by Gasteiger charge is 2.57. The zero-order chi connectivity index (χ0) is 14.4. The number of hydrogen-bond donors (Lipinski definition) is 0.